The Labute approximate surface area is 101 Å². The first kappa shape index (κ1) is 13.7. The second kappa shape index (κ2) is 5.29. The maximum atomic E-state index is 12.0. The minimum absolute atomic E-state index is 0.281. The van der Waals surface area contributed by atoms with Crippen molar-refractivity contribution >= 4 is 5.91 Å². The maximum Gasteiger partial charge on any atom is 0.252 e. The molecule has 0 bridgehead atoms. The predicted molar refractivity (Wildman–Crippen MR) is 66.0 cm³/mol. The summed E-state index contributed by atoms with van der Waals surface area (Å²) in [7, 11) is 0. The van der Waals surface area contributed by atoms with Gasteiger partial charge in [0.15, 0.2) is 0 Å². The highest BCUT2D eigenvalue weighted by atomic mass is 16.3. The normalized spacial score (nSPS) is 11.4. The van der Waals surface area contributed by atoms with Gasteiger partial charge in [-0.3, -0.25) is 4.79 Å². The molecule has 0 aliphatic rings. The Bertz CT molecular complexity index is 411. The Morgan fingerprint density at radius 1 is 1.29 bits per heavy atom. The minimum atomic E-state index is -0.993. The molecule has 3 N–H and O–H groups in total. The molecule has 4 heteroatoms. The van der Waals surface area contributed by atoms with E-state index in [0.717, 1.165) is 11.1 Å². The number of aliphatic hydroxyl groups excluding tert-OH is 2. The van der Waals surface area contributed by atoms with Gasteiger partial charge in [0.2, 0.25) is 0 Å². The molecule has 0 aliphatic carbocycles. The Morgan fingerprint density at radius 3 is 2.41 bits per heavy atom. The molecule has 1 aromatic rings. The number of nitrogens with one attached hydrogen (secondary N) is 1. The largest absolute Gasteiger partial charge is 0.394 e. The highest BCUT2D eigenvalue weighted by Crippen LogP contribution is 2.14. The number of rotatable bonds is 4. The molecular formula is C13H19NO3. The van der Waals surface area contributed by atoms with Crippen LogP contribution in [-0.4, -0.2) is 34.9 Å². The lowest BCUT2D eigenvalue weighted by molar-refractivity contribution is 0.0723. The molecule has 4 nitrogen and oxygen atoms in total. The molecule has 1 rings (SSSR count). The molecule has 0 fully saturated rings. The third kappa shape index (κ3) is 3.05. The van der Waals surface area contributed by atoms with Crippen molar-refractivity contribution in [3.63, 3.8) is 0 Å². The first-order valence-electron chi connectivity index (χ1n) is 5.54. The number of carbonyl (C=O) groups excluding carboxylic acids is 1. The van der Waals surface area contributed by atoms with E-state index < -0.39 is 5.54 Å². The summed E-state index contributed by atoms with van der Waals surface area (Å²) in [6, 6.07) is 5.47. The summed E-state index contributed by atoms with van der Waals surface area (Å²) < 4.78 is 0. The van der Waals surface area contributed by atoms with Crippen molar-refractivity contribution in [1.82, 2.24) is 5.32 Å². The summed E-state index contributed by atoms with van der Waals surface area (Å²) >= 11 is 0. The molecule has 0 aliphatic heterocycles. The molecule has 0 heterocycles. The van der Waals surface area contributed by atoms with Crippen LogP contribution in [0.4, 0.5) is 0 Å². The van der Waals surface area contributed by atoms with Gasteiger partial charge in [-0.05, 0) is 38.0 Å². The van der Waals surface area contributed by atoms with Crippen LogP contribution < -0.4 is 5.32 Å². The second-order valence-corrected chi connectivity index (χ2v) is 4.58. The van der Waals surface area contributed by atoms with Gasteiger partial charge in [-0.1, -0.05) is 12.1 Å². The Balaban J connectivity index is 2.94. The molecule has 0 radical (unpaired) electrons. The smallest absolute Gasteiger partial charge is 0.252 e. The second-order valence-electron chi connectivity index (χ2n) is 4.58. The van der Waals surface area contributed by atoms with Gasteiger partial charge in [0, 0.05) is 5.56 Å². The molecule has 17 heavy (non-hydrogen) atoms. The van der Waals surface area contributed by atoms with Crippen LogP contribution in [0.3, 0.4) is 0 Å². The number of hydrogen-bond donors (Lipinski definition) is 3. The molecule has 0 spiro atoms. The Morgan fingerprint density at radius 2 is 1.88 bits per heavy atom. The highest BCUT2D eigenvalue weighted by Gasteiger charge is 2.25. The van der Waals surface area contributed by atoms with Gasteiger partial charge in [0.05, 0.1) is 18.8 Å². The number of benzene rings is 1. The first-order chi connectivity index (χ1) is 7.93. The number of aryl methyl sites for hydroxylation is 1. The summed E-state index contributed by atoms with van der Waals surface area (Å²) in [5.41, 5.74) is 1.52. The standard InChI is InChI=1S/C13H19NO3/c1-9-5-4-6-11(10(9)2)12(17)14-13(3,7-15)8-16/h4-6,15-16H,7-8H2,1-3H3,(H,14,17). The van der Waals surface area contributed by atoms with Crippen molar-refractivity contribution in [2.24, 2.45) is 0 Å². The lowest BCUT2D eigenvalue weighted by atomic mass is 10.0. The summed E-state index contributed by atoms with van der Waals surface area (Å²) in [5.74, 6) is -0.281. The molecule has 1 aromatic carbocycles. The van der Waals surface area contributed by atoms with E-state index in [9.17, 15) is 4.79 Å². The number of aliphatic hydroxyl groups is 2. The average molecular weight is 237 g/mol. The van der Waals surface area contributed by atoms with E-state index in [1.54, 1.807) is 13.0 Å². The molecular weight excluding hydrogens is 218 g/mol. The van der Waals surface area contributed by atoms with Gasteiger partial charge in [0.1, 0.15) is 0 Å². The van der Waals surface area contributed by atoms with Crippen molar-refractivity contribution in [1.29, 1.82) is 0 Å². The van der Waals surface area contributed by atoms with Crippen LogP contribution in [-0.2, 0) is 0 Å². The van der Waals surface area contributed by atoms with E-state index in [1.165, 1.54) is 0 Å². The monoisotopic (exact) mass is 237 g/mol. The zero-order chi connectivity index (χ0) is 13.1. The fraction of sp³-hybridized carbons (Fsp3) is 0.462. The van der Waals surface area contributed by atoms with Crippen molar-refractivity contribution < 1.29 is 15.0 Å². The summed E-state index contributed by atoms with van der Waals surface area (Å²) in [6.45, 7) is 4.79. The molecule has 94 valence electrons. The van der Waals surface area contributed by atoms with E-state index in [-0.39, 0.29) is 19.1 Å². The van der Waals surface area contributed by atoms with Crippen LogP contribution >= 0.6 is 0 Å². The zero-order valence-electron chi connectivity index (χ0n) is 10.4. The summed E-state index contributed by atoms with van der Waals surface area (Å²) in [4.78, 5) is 12.0. The van der Waals surface area contributed by atoms with Crippen molar-refractivity contribution in [2.45, 2.75) is 26.3 Å². The van der Waals surface area contributed by atoms with Gasteiger partial charge >= 0.3 is 0 Å². The van der Waals surface area contributed by atoms with Gasteiger partial charge in [-0.25, -0.2) is 0 Å². The van der Waals surface area contributed by atoms with Crippen molar-refractivity contribution in [3.05, 3.63) is 34.9 Å². The fourth-order valence-corrected chi connectivity index (χ4v) is 1.47. The molecule has 1 amide bonds. The molecule has 0 saturated heterocycles. The van der Waals surface area contributed by atoms with E-state index in [1.807, 2.05) is 26.0 Å². The van der Waals surface area contributed by atoms with E-state index in [2.05, 4.69) is 5.32 Å². The molecule has 0 aromatic heterocycles. The van der Waals surface area contributed by atoms with Crippen LogP contribution in [0.2, 0.25) is 0 Å². The molecule has 0 unspecified atom stereocenters. The topological polar surface area (TPSA) is 69.6 Å². The van der Waals surface area contributed by atoms with Crippen LogP contribution in [0.5, 0.6) is 0 Å². The molecule has 0 atom stereocenters. The number of carbonyl (C=O) groups is 1. The SMILES string of the molecule is Cc1cccc(C(=O)NC(C)(CO)CO)c1C. The Hall–Kier alpha value is -1.39. The van der Waals surface area contributed by atoms with Gasteiger partial charge in [0.25, 0.3) is 5.91 Å². The van der Waals surface area contributed by atoms with E-state index >= 15 is 0 Å². The van der Waals surface area contributed by atoms with Crippen LogP contribution in [0.15, 0.2) is 18.2 Å². The van der Waals surface area contributed by atoms with Gasteiger partial charge in [-0.15, -0.1) is 0 Å². The minimum Gasteiger partial charge on any atom is -0.394 e. The quantitative estimate of drug-likeness (QED) is 0.724. The number of hydrogen-bond acceptors (Lipinski definition) is 3. The van der Waals surface area contributed by atoms with Crippen LogP contribution in [0.25, 0.3) is 0 Å². The third-order valence-electron chi connectivity index (χ3n) is 2.96. The zero-order valence-corrected chi connectivity index (χ0v) is 10.4. The summed E-state index contributed by atoms with van der Waals surface area (Å²) in [6.07, 6.45) is 0. The first-order valence-corrected chi connectivity index (χ1v) is 5.54. The van der Waals surface area contributed by atoms with Gasteiger partial charge < -0.3 is 15.5 Å². The Kier molecular flexibility index (Phi) is 4.26. The van der Waals surface area contributed by atoms with Crippen molar-refractivity contribution in [3.8, 4) is 0 Å². The van der Waals surface area contributed by atoms with E-state index in [0.29, 0.717) is 5.56 Å². The highest BCUT2D eigenvalue weighted by molar-refractivity contribution is 5.96. The van der Waals surface area contributed by atoms with Crippen LogP contribution in [0, 0.1) is 13.8 Å². The third-order valence-corrected chi connectivity index (χ3v) is 2.96. The predicted octanol–water partition coefficient (Wildman–Crippen LogP) is 0.777. The average Bonchev–Trinajstić information content (AvgIpc) is 2.32. The summed E-state index contributed by atoms with van der Waals surface area (Å²) in [5, 5.41) is 20.9. The van der Waals surface area contributed by atoms with Gasteiger partial charge in [-0.2, -0.15) is 0 Å². The lowest BCUT2D eigenvalue weighted by Gasteiger charge is -2.26. The fourth-order valence-electron chi connectivity index (χ4n) is 1.47. The van der Waals surface area contributed by atoms with Crippen LogP contribution in [0.1, 0.15) is 28.4 Å². The van der Waals surface area contributed by atoms with Crippen molar-refractivity contribution in [2.75, 3.05) is 13.2 Å². The maximum absolute atomic E-state index is 12.0. The lowest BCUT2D eigenvalue weighted by Crippen LogP contribution is -2.51. The molecule has 0 saturated carbocycles. The van der Waals surface area contributed by atoms with E-state index in [4.69, 9.17) is 10.2 Å². The number of amides is 1.